The Kier molecular flexibility index (Phi) is 6.48. The van der Waals surface area contributed by atoms with Crippen molar-refractivity contribution in [1.29, 1.82) is 0 Å². The SMILES string of the molecule is O=C(N[C@H]1C[C@@H]2C[C@@H]2C[C@H]2CC[C@@H](C(=O)N3CC4(CC(=O)c5nccn54)C3)N2C1=O)c1cc2cc(C(F)(F)P(=O)(O)O)ccc2s1. The van der Waals surface area contributed by atoms with Crippen LogP contribution in [-0.4, -0.2) is 83.9 Å². The molecule has 4 fully saturated rings. The molecule has 3 aromatic rings. The van der Waals surface area contributed by atoms with Crippen molar-refractivity contribution in [2.75, 3.05) is 13.1 Å². The van der Waals surface area contributed by atoms with Crippen molar-refractivity contribution in [1.82, 2.24) is 24.7 Å². The van der Waals surface area contributed by atoms with Crippen molar-refractivity contribution in [3.63, 3.8) is 0 Å². The maximum absolute atomic E-state index is 14.3. The van der Waals surface area contributed by atoms with Crippen LogP contribution in [-0.2, 0) is 25.4 Å². The third kappa shape index (κ3) is 4.49. The topological polar surface area (TPSA) is 162 Å². The van der Waals surface area contributed by atoms with Gasteiger partial charge in [0, 0.05) is 48.2 Å². The second-order valence-electron chi connectivity index (χ2n) is 13.3. The number of alkyl halides is 2. The number of hydrogen-bond acceptors (Lipinski definition) is 7. The smallest absolute Gasteiger partial charge is 0.340 e. The molecule has 6 heterocycles. The zero-order valence-corrected chi connectivity index (χ0v) is 26.1. The summed E-state index contributed by atoms with van der Waals surface area (Å²) >= 11 is 1.02. The summed E-state index contributed by atoms with van der Waals surface area (Å²) in [6, 6.07) is 2.88. The number of ketones is 1. The predicted octanol–water partition coefficient (Wildman–Crippen LogP) is 3.04. The van der Waals surface area contributed by atoms with E-state index in [1.165, 1.54) is 12.1 Å². The largest absolute Gasteiger partial charge is 0.399 e. The van der Waals surface area contributed by atoms with E-state index in [-0.39, 0.29) is 46.2 Å². The molecular weight excluding hydrogens is 643 g/mol. The standard InChI is InChI=1S/C30H30F2N5O7PS/c31-30(32,45(42,43)44)18-1-4-23-17(8-18)11-24(46-23)26(39)34-20-10-16-7-15(16)9-19-2-3-21(37(19)27(20)40)28(41)35-13-29(14-35)12-22(38)25-33-5-6-36(25)29/h1,4-6,8,11,15-16,19-21H,2-3,7,9-10,12-14H2,(H,34,39)(H2,42,43,44)/t15-,16+,19-,20+,21+/m1/s1. The van der Waals surface area contributed by atoms with Gasteiger partial charge in [0.05, 0.1) is 10.4 Å². The molecule has 12 nitrogen and oxygen atoms in total. The van der Waals surface area contributed by atoms with Gasteiger partial charge in [0.1, 0.15) is 12.1 Å². The van der Waals surface area contributed by atoms with Crippen molar-refractivity contribution in [2.45, 2.75) is 67.9 Å². The Hall–Kier alpha value is -3.52. The Bertz CT molecular complexity index is 1880. The Morgan fingerprint density at radius 2 is 1.85 bits per heavy atom. The molecule has 46 heavy (non-hydrogen) atoms. The molecule has 0 bridgehead atoms. The summed E-state index contributed by atoms with van der Waals surface area (Å²) in [5, 5.41) is 3.08. The molecular formula is C30H30F2N5O7PS. The lowest BCUT2D eigenvalue weighted by Crippen LogP contribution is -2.66. The molecule has 242 valence electrons. The van der Waals surface area contributed by atoms with Gasteiger partial charge in [-0.15, -0.1) is 11.3 Å². The molecule has 1 spiro atoms. The molecule has 1 aliphatic carbocycles. The molecule has 8 rings (SSSR count). The van der Waals surface area contributed by atoms with E-state index in [1.807, 2.05) is 4.57 Å². The summed E-state index contributed by atoms with van der Waals surface area (Å²) in [5.41, 5.74) is -5.74. The van der Waals surface area contributed by atoms with E-state index >= 15 is 0 Å². The highest BCUT2D eigenvalue weighted by atomic mass is 32.1. The maximum atomic E-state index is 14.3. The minimum Gasteiger partial charge on any atom is -0.340 e. The van der Waals surface area contributed by atoms with Crippen molar-refractivity contribution in [3.8, 4) is 0 Å². The normalized spacial score (nSPS) is 28.4. The average molecular weight is 674 g/mol. The van der Waals surface area contributed by atoms with Crippen LogP contribution in [0.25, 0.3) is 10.1 Å². The number of thiophene rings is 1. The first-order chi connectivity index (χ1) is 21.8. The summed E-state index contributed by atoms with van der Waals surface area (Å²) in [7, 11) is -5.76. The van der Waals surface area contributed by atoms with Crippen LogP contribution in [0.4, 0.5) is 8.78 Å². The van der Waals surface area contributed by atoms with E-state index in [9.17, 15) is 32.5 Å². The lowest BCUT2D eigenvalue weighted by molar-refractivity contribution is -0.153. The number of hydrogen-bond donors (Lipinski definition) is 3. The molecule has 3 saturated heterocycles. The van der Waals surface area contributed by atoms with Crippen LogP contribution < -0.4 is 5.32 Å². The average Bonchev–Trinajstić information content (AvgIpc) is 3.42. The first kappa shape index (κ1) is 29.9. The summed E-state index contributed by atoms with van der Waals surface area (Å²) in [6.45, 7) is 0.728. The highest BCUT2D eigenvalue weighted by Gasteiger charge is 2.57. The van der Waals surface area contributed by atoms with E-state index in [4.69, 9.17) is 9.79 Å². The summed E-state index contributed by atoms with van der Waals surface area (Å²) in [6.07, 6.45) is 7.03. The Morgan fingerprint density at radius 1 is 1.09 bits per heavy atom. The third-order valence-corrected chi connectivity index (χ3v) is 12.6. The van der Waals surface area contributed by atoms with E-state index in [0.29, 0.717) is 48.8 Å². The van der Waals surface area contributed by atoms with Crippen LogP contribution in [0.5, 0.6) is 0 Å². The molecule has 5 aliphatic rings. The molecule has 3 N–H and O–H groups in total. The Labute approximate surface area is 264 Å². The van der Waals surface area contributed by atoms with Crippen LogP contribution in [0.1, 0.15) is 64.4 Å². The third-order valence-electron chi connectivity index (χ3n) is 10.5. The van der Waals surface area contributed by atoms with Crippen LogP contribution in [0.2, 0.25) is 0 Å². The molecule has 0 radical (unpaired) electrons. The van der Waals surface area contributed by atoms with Gasteiger partial charge in [-0.3, -0.25) is 23.7 Å². The second-order valence-corrected chi connectivity index (χ2v) is 16.1. The number of nitrogens with zero attached hydrogens (tertiary/aromatic N) is 4. The first-order valence-corrected chi connectivity index (χ1v) is 17.6. The van der Waals surface area contributed by atoms with Crippen LogP contribution >= 0.6 is 18.9 Å². The van der Waals surface area contributed by atoms with Crippen LogP contribution in [0, 0.1) is 11.8 Å². The molecule has 2 aromatic heterocycles. The molecule has 5 atom stereocenters. The summed E-state index contributed by atoms with van der Waals surface area (Å²) < 4.78 is 42.3. The number of imidazole rings is 1. The minimum absolute atomic E-state index is 0.0484. The van der Waals surface area contributed by atoms with Crippen molar-refractivity contribution < 1.29 is 42.3 Å². The summed E-state index contributed by atoms with van der Waals surface area (Å²) in [4.78, 5) is 79.8. The van der Waals surface area contributed by atoms with Gasteiger partial charge in [0.2, 0.25) is 17.6 Å². The monoisotopic (exact) mass is 673 g/mol. The fourth-order valence-electron chi connectivity index (χ4n) is 8.02. The quantitative estimate of drug-likeness (QED) is 0.349. The van der Waals surface area contributed by atoms with Gasteiger partial charge in [-0.1, -0.05) is 6.07 Å². The van der Waals surface area contributed by atoms with Gasteiger partial charge in [-0.2, -0.15) is 8.78 Å². The van der Waals surface area contributed by atoms with E-state index in [1.54, 1.807) is 22.2 Å². The minimum atomic E-state index is -5.76. The number of carbonyl (C=O) groups is 4. The number of nitrogens with one attached hydrogen (secondary N) is 1. The lowest BCUT2D eigenvalue weighted by Gasteiger charge is -2.50. The number of rotatable bonds is 5. The van der Waals surface area contributed by atoms with Gasteiger partial charge < -0.3 is 29.5 Å². The van der Waals surface area contributed by atoms with Crippen LogP contribution in [0.15, 0.2) is 36.7 Å². The molecule has 16 heteroatoms. The van der Waals surface area contributed by atoms with Crippen molar-refractivity contribution >= 4 is 52.5 Å². The maximum Gasteiger partial charge on any atom is 0.399 e. The number of amides is 3. The summed E-state index contributed by atoms with van der Waals surface area (Å²) in [5.74, 6) is 0.0101. The van der Waals surface area contributed by atoms with E-state index in [2.05, 4.69) is 10.3 Å². The second kappa shape index (κ2) is 9.99. The van der Waals surface area contributed by atoms with E-state index in [0.717, 1.165) is 36.3 Å². The van der Waals surface area contributed by atoms with Gasteiger partial charge in [0.15, 0.2) is 5.82 Å². The van der Waals surface area contributed by atoms with Crippen molar-refractivity contribution in [3.05, 3.63) is 52.9 Å². The van der Waals surface area contributed by atoms with E-state index < -0.39 is 42.4 Å². The zero-order chi connectivity index (χ0) is 32.3. The molecule has 3 amide bonds. The number of fused-ring (bicyclic) bond motifs is 5. The fraction of sp³-hybridized carbons (Fsp3) is 0.500. The predicted molar refractivity (Wildman–Crippen MR) is 159 cm³/mol. The van der Waals surface area contributed by atoms with Gasteiger partial charge in [-0.05, 0) is 67.5 Å². The zero-order valence-electron chi connectivity index (χ0n) is 24.3. The lowest BCUT2D eigenvalue weighted by atomic mass is 9.86. The number of halogens is 2. The first-order valence-electron chi connectivity index (χ1n) is 15.2. The Balaban J connectivity index is 1.00. The molecule has 0 unspecified atom stereocenters. The highest BCUT2D eigenvalue weighted by Crippen LogP contribution is 2.59. The van der Waals surface area contributed by atoms with Gasteiger partial charge in [0.25, 0.3) is 5.91 Å². The number of benzene rings is 1. The number of aromatic nitrogens is 2. The van der Waals surface area contributed by atoms with Crippen molar-refractivity contribution in [2.24, 2.45) is 11.8 Å². The number of likely N-dealkylation sites (tertiary alicyclic amines) is 1. The van der Waals surface area contributed by atoms with Gasteiger partial charge >= 0.3 is 13.3 Å². The number of Topliss-reactive ketones (excluding diaryl/α,β-unsaturated/α-hetero) is 1. The molecule has 1 saturated carbocycles. The molecule has 1 aromatic carbocycles. The highest BCUT2D eigenvalue weighted by molar-refractivity contribution is 7.52. The van der Waals surface area contributed by atoms with Gasteiger partial charge in [-0.25, -0.2) is 4.98 Å². The van der Waals surface area contributed by atoms with Crippen LogP contribution in [0.3, 0.4) is 0 Å². The number of carbonyl (C=O) groups excluding carboxylic acids is 4. The Morgan fingerprint density at radius 3 is 2.61 bits per heavy atom. The molecule has 4 aliphatic heterocycles. The fourth-order valence-corrected chi connectivity index (χ4v) is 9.44.